The third kappa shape index (κ3) is 2.65. The first-order valence-corrected chi connectivity index (χ1v) is 7.71. The van der Waals surface area contributed by atoms with Gasteiger partial charge in [-0.1, -0.05) is 47.2 Å². The van der Waals surface area contributed by atoms with Crippen molar-refractivity contribution in [3.63, 3.8) is 0 Å². The summed E-state index contributed by atoms with van der Waals surface area (Å²) in [6.07, 6.45) is 0. The van der Waals surface area contributed by atoms with Gasteiger partial charge in [-0.3, -0.25) is 0 Å². The van der Waals surface area contributed by atoms with Gasteiger partial charge >= 0.3 is 0 Å². The number of nitrogens with one attached hydrogen (secondary N) is 1. The molecule has 1 heterocycles. The molecule has 2 aromatic carbocycles. The Morgan fingerprint density at radius 2 is 2.00 bits per heavy atom. The molecule has 0 saturated heterocycles. The molecule has 1 N–H and O–H groups in total. The van der Waals surface area contributed by atoms with E-state index in [1.165, 1.54) is 11.1 Å². The molecule has 0 amide bonds. The lowest BCUT2D eigenvalue weighted by Gasteiger charge is -2.15. The molecule has 1 unspecified atom stereocenters. The van der Waals surface area contributed by atoms with Crippen molar-refractivity contribution in [1.29, 1.82) is 0 Å². The van der Waals surface area contributed by atoms with Crippen LogP contribution in [0.25, 0.3) is 10.2 Å². The molecule has 1 aromatic heterocycles. The van der Waals surface area contributed by atoms with Crippen molar-refractivity contribution in [2.45, 2.75) is 19.9 Å². The monoisotopic (exact) mass is 302 g/mol. The van der Waals surface area contributed by atoms with Crippen LogP contribution in [0.4, 0.5) is 5.13 Å². The Bertz CT molecular complexity index is 751. The van der Waals surface area contributed by atoms with Gasteiger partial charge in [0, 0.05) is 5.02 Å². The standard InChI is InChI=1S/C16H15ClN2S/c1-10-5-3-4-6-13(10)11(2)18-16-19-14-9-12(17)7-8-15(14)20-16/h3-9,11H,1-2H3,(H,18,19). The van der Waals surface area contributed by atoms with Crippen LogP contribution in [0.1, 0.15) is 24.1 Å². The average molecular weight is 303 g/mol. The lowest BCUT2D eigenvalue weighted by molar-refractivity contribution is 0.872. The number of aromatic nitrogens is 1. The molecular formula is C16H15ClN2S. The Morgan fingerprint density at radius 1 is 1.20 bits per heavy atom. The van der Waals surface area contributed by atoms with Gasteiger partial charge in [-0.05, 0) is 43.2 Å². The van der Waals surface area contributed by atoms with E-state index in [9.17, 15) is 0 Å². The van der Waals surface area contributed by atoms with Gasteiger partial charge in [0.15, 0.2) is 5.13 Å². The molecule has 20 heavy (non-hydrogen) atoms. The molecule has 0 spiro atoms. The van der Waals surface area contributed by atoms with Gasteiger partial charge in [-0.25, -0.2) is 4.98 Å². The van der Waals surface area contributed by atoms with Crippen LogP contribution < -0.4 is 5.32 Å². The lowest BCUT2D eigenvalue weighted by atomic mass is 10.0. The molecule has 102 valence electrons. The van der Waals surface area contributed by atoms with Gasteiger partial charge in [0.05, 0.1) is 16.3 Å². The molecule has 3 aromatic rings. The summed E-state index contributed by atoms with van der Waals surface area (Å²) in [7, 11) is 0. The largest absolute Gasteiger partial charge is 0.355 e. The van der Waals surface area contributed by atoms with Gasteiger partial charge in [-0.15, -0.1) is 0 Å². The summed E-state index contributed by atoms with van der Waals surface area (Å²) in [5, 5.41) is 5.12. The highest BCUT2D eigenvalue weighted by atomic mass is 35.5. The predicted molar refractivity (Wildman–Crippen MR) is 87.8 cm³/mol. The number of halogens is 1. The van der Waals surface area contributed by atoms with Gasteiger partial charge in [0.2, 0.25) is 0 Å². The predicted octanol–water partition coefficient (Wildman–Crippen LogP) is 5.43. The van der Waals surface area contributed by atoms with Gasteiger partial charge in [0.1, 0.15) is 0 Å². The first-order valence-electron chi connectivity index (χ1n) is 6.51. The number of anilines is 1. The summed E-state index contributed by atoms with van der Waals surface area (Å²) in [5.74, 6) is 0. The zero-order chi connectivity index (χ0) is 14.1. The van der Waals surface area contributed by atoms with Crippen LogP contribution in [0.2, 0.25) is 5.02 Å². The van der Waals surface area contributed by atoms with Crippen LogP contribution in [-0.2, 0) is 0 Å². The van der Waals surface area contributed by atoms with Crippen LogP contribution in [0.3, 0.4) is 0 Å². The van der Waals surface area contributed by atoms with E-state index < -0.39 is 0 Å². The Morgan fingerprint density at radius 3 is 2.80 bits per heavy atom. The van der Waals surface area contributed by atoms with E-state index in [-0.39, 0.29) is 6.04 Å². The van der Waals surface area contributed by atoms with Crippen molar-refractivity contribution in [2.75, 3.05) is 5.32 Å². The van der Waals surface area contributed by atoms with Crippen molar-refractivity contribution in [3.8, 4) is 0 Å². The summed E-state index contributed by atoms with van der Waals surface area (Å²) in [6, 6.07) is 14.5. The third-order valence-corrected chi connectivity index (χ3v) is 4.55. The van der Waals surface area contributed by atoms with Crippen LogP contribution in [0.15, 0.2) is 42.5 Å². The third-order valence-electron chi connectivity index (χ3n) is 3.34. The highest BCUT2D eigenvalue weighted by Crippen LogP contribution is 2.30. The van der Waals surface area contributed by atoms with E-state index in [2.05, 4.69) is 48.4 Å². The van der Waals surface area contributed by atoms with Gasteiger partial charge < -0.3 is 5.32 Å². The minimum atomic E-state index is 0.229. The van der Waals surface area contributed by atoms with Crippen LogP contribution >= 0.6 is 22.9 Å². The fourth-order valence-corrected chi connectivity index (χ4v) is 3.40. The second-order valence-electron chi connectivity index (χ2n) is 4.85. The van der Waals surface area contributed by atoms with Gasteiger partial charge in [0.25, 0.3) is 0 Å². The number of hydrogen-bond donors (Lipinski definition) is 1. The summed E-state index contributed by atoms with van der Waals surface area (Å²) < 4.78 is 1.15. The number of hydrogen-bond acceptors (Lipinski definition) is 3. The van der Waals surface area contributed by atoms with Gasteiger partial charge in [-0.2, -0.15) is 0 Å². The Balaban J connectivity index is 1.87. The number of fused-ring (bicyclic) bond motifs is 1. The Labute approximate surface area is 127 Å². The highest BCUT2D eigenvalue weighted by Gasteiger charge is 2.10. The van der Waals surface area contributed by atoms with Crippen molar-refractivity contribution >= 4 is 38.3 Å². The molecule has 3 rings (SSSR count). The second-order valence-corrected chi connectivity index (χ2v) is 6.32. The average Bonchev–Trinajstić information content (AvgIpc) is 2.80. The molecule has 0 bridgehead atoms. The minimum absolute atomic E-state index is 0.229. The fraction of sp³-hybridized carbons (Fsp3) is 0.188. The number of aryl methyl sites for hydroxylation is 1. The van der Waals surface area contributed by atoms with E-state index in [1.807, 2.05) is 18.2 Å². The SMILES string of the molecule is Cc1ccccc1C(C)Nc1nc2cc(Cl)ccc2s1. The van der Waals surface area contributed by atoms with E-state index in [0.717, 1.165) is 20.4 Å². The normalized spacial score (nSPS) is 12.6. The van der Waals surface area contributed by atoms with Crippen molar-refractivity contribution < 1.29 is 0 Å². The number of benzene rings is 2. The molecule has 0 fully saturated rings. The zero-order valence-corrected chi connectivity index (χ0v) is 12.9. The van der Waals surface area contributed by atoms with E-state index >= 15 is 0 Å². The Kier molecular flexibility index (Phi) is 3.64. The first-order chi connectivity index (χ1) is 9.63. The highest BCUT2D eigenvalue weighted by molar-refractivity contribution is 7.22. The molecule has 0 saturated carbocycles. The fourth-order valence-electron chi connectivity index (χ4n) is 2.30. The van der Waals surface area contributed by atoms with E-state index in [0.29, 0.717) is 0 Å². The summed E-state index contributed by atoms with van der Waals surface area (Å²) in [4.78, 5) is 4.59. The summed E-state index contributed by atoms with van der Waals surface area (Å²) in [6.45, 7) is 4.28. The van der Waals surface area contributed by atoms with E-state index in [4.69, 9.17) is 11.6 Å². The lowest BCUT2D eigenvalue weighted by Crippen LogP contribution is -2.07. The molecule has 4 heteroatoms. The number of thiazole rings is 1. The molecule has 0 aliphatic rings. The molecule has 2 nitrogen and oxygen atoms in total. The number of rotatable bonds is 3. The maximum absolute atomic E-state index is 5.99. The quantitative estimate of drug-likeness (QED) is 0.697. The summed E-state index contributed by atoms with van der Waals surface area (Å²) in [5.41, 5.74) is 3.53. The molecular weight excluding hydrogens is 288 g/mol. The first kappa shape index (κ1) is 13.4. The topological polar surface area (TPSA) is 24.9 Å². The maximum atomic E-state index is 5.99. The molecule has 1 atom stereocenters. The molecule has 0 aliphatic heterocycles. The maximum Gasteiger partial charge on any atom is 0.184 e. The van der Waals surface area contributed by atoms with Crippen molar-refractivity contribution in [3.05, 3.63) is 58.6 Å². The molecule has 0 radical (unpaired) electrons. The van der Waals surface area contributed by atoms with E-state index in [1.54, 1.807) is 11.3 Å². The summed E-state index contributed by atoms with van der Waals surface area (Å²) >= 11 is 7.65. The van der Waals surface area contributed by atoms with Crippen molar-refractivity contribution in [1.82, 2.24) is 4.98 Å². The Hall–Kier alpha value is -1.58. The van der Waals surface area contributed by atoms with Crippen molar-refractivity contribution in [2.24, 2.45) is 0 Å². The van der Waals surface area contributed by atoms with Crippen LogP contribution in [0.5, 0.6) is 0 Å². The zero-order valence-electron chi connectivity index (χ0n) is 11.4. The smallest absolute Gasteiger partial charge is 0.184 e. The number of nitrogens with zero attached hydrogens (tertiary/aromatic N) is 1. The van der Waals surface area contributed by atoms with Crippen LogP contribution in [0, 0.1) is 6.92 Å². The second kappa shape index (κ2) is 5.43. The molecule has 0 aliphatic carbocycles. The minimum Gasteiger partial charge on any atom is -0.355 e. The van der Waals surface area contributed by atoms with Crippen LogP contribution in [-0.4, -0.2) is 4.98 Å².